The van der Waals surface area contributed by atoms with Crippen LogP contribution in [0.4, 0.5) is 0 Å². The average Bonchev–Trinajstić information content (AvgIpc) is 2.53. The highest BCUT2D eigenvalue weighted by atomic mass is 16.5. The van der Waals surface area contributed by atoms with Crippen molar-refractivity contribution in [3.63, 3.8) is 0 Å². The molecule has 2 aromatic carbocycles. The third-order valence-corrected chi connectivity index (χ3v) is 3.59. The summed E-state index contributed by atoms with van der Waals surface area (Å²) in [6, 6.07) is 16.5. The highest BCUT2D eigenvalue weighted by Gasteiger charge is 1.99. The Hall–Kier alpha value is -1.80. The highest BCUT2D eigenvalue weighted by Crippen LogP contribution is 2.23. The molecule has 0 radical (unpaired) electrons. The van der Waals surface area contributed by atoms with Gasteiger partial charge in [-0.15, -0.1) is 0 Å². The summed E-state index contributed by atoms with van der Waals surface area (Å²) in [5.74, 6) is 1.77. The molecular formula is C19H24O2. The first-order valence-corrected chi connectivity index (χ1v) is 7.78. The zero-order chi connectivity index (χ0) is 14.9. The molecule has 0 heterocycles. The fraction of sp³-hybridized carbons (Fsp3) is 0.368. The maximum absolute atomic E-state index is 8.76. The molecule has 0 saturated heterocycles. The number of unbranched alkanes of at least 4 members (excludes halogenated alkanes) is 2. The summed E-state index contributed by atoms with van der Waals surface area (Å²) in [5, 5.41) is 8.76. The number of benzene rings is 2. The van der Waals surface area contributed by atoms with Crippen molar-refractivity contribution >= 4 is 0 Å². The van der Waals surface area contributed by atoms with Crippen LogP contribution in [0.2, 0.25) is 0 Å². The predicted molar refractivity (Wildman–Crippen MR) is 87.0 cm³/mol. The number of aliphatic hydroxyl groups excluding tert-OH is 1. The lowest BCUT2D eigenvalue weighted by atomic mass is 10.1. The van der Waals surface area contributed by atoms with Gasteiger partial charge in [-0.3, -0.25) is 0 Å². The van der Waals surface area contributed by atoms with Crippen molar-refractivity contribution in [1.29, 1.82) is 0 Å². The zero-order valence-electron chi connectivity index (χ0n) is 12.7. The van der Waals surface area contributed by atoms with Gasteiger partial charge in [-0.2, -0.15) is 0 Å². The van der Waals surface area contributed by atoms with E-state index in [1.807, 2.05) is 24.3 Å². The van der Waals surface area contributed by atoms with Gasteiger partial charge in [0.05, 0.1) is 0 Å². The lowest BCUT2D eigenvalue weighted by Gasteiger charge is -2.08. The molecule has 0 aromatic heterocycles. The quantitative estimate of drug-likeness (QED) is 0.709. The minimum absolute atomic E-state index is 0.295. The summed E-state index contributed by atoms with van der Waals surface area (Å²) in [7, 11) is 0. The van der Waals surface area contributed by atoms with Crippen LogP contribution in [0.1, 0.15) is 37.3 Å². The molecule has 0 aliphatic heterocycles. The van der Waals surface area contributed by atoms with Gasteiger partial charge in [-0.05, 0) is 61.1 Å². The maximum Gasteiger partial charge on any atom is 0.127 e. The molecule has 0 saturated carbocycles. The third kappa shape index (κ3) is 5.24. The second-order valence-electron chi connectivity index (χ2n) is 5.28. The van der Waals surface area contributed by atoms with Crippen LogP contribution in [0, 0.1) is 0 Å². The predicted octanol–water partition coefficient (Wildman–Crippen LogP) is 4.75. The van der Waals surface area contributed by atoms with Crippen molar-refractivity contribution in [2.75, 3.05) is 6.61 Å². The van der Waals surface area contributed by atoms with Gasteiger partial charge in [0, 0.05) is 6.61 Å². The zero-order valence-corrected chi connectivity index (χ0v) is 12.7. The molecule has 2 aromatic rings. The fourth-order valence-electron chi connectivity index (χ4n) is 2.31. The molecule has 21 heavy (non-hydrogen) atoms. The van der Waals surface area contributed by atoms with Crippen LogP contribution in [-0.2, 0) is 12.8 Å². The van der Waals surface area contributed by atoms with E-state index in [1.54, 1.807) is 0 Å². The summed E-state index contributed by atoms with van der Waals surface area (Å²) in [5.41, 5.74) is 2.61. The van der Waals surface area contributed by atoms with Gasteiger partial charge in [0.15, 0.2) is 0 Å². The molecule has 0 spiro atoms. The van der Waals surface area contributed by atoms with E-state index < -0.39 is 0 Å². The Labute approximate surface area is 127 Å². The van der Waals surface area contributed by atoms with Crippen LogP contribution in [0.5, 0.6) is 11.5 Å². The second kappa shape index (κ2) is 8.48. The Kier molecular flexibility index (Phi) is 6.29. The van der Waals surface area contributed by atoms with Crippen molar-refractivity contribution in [2.45, 2.75) is 39.0 Å². The van der Waals surface area contributed by atoms with Crippen LogP contribution in [0.3, 0.4) is 0 Å². The molecule has 0 amide bonds. The number of rotatable bonds is 8. The van der Waals surface area contributed by atoms with E-state index in [2.05, 4.69) is 31.2 Å². The summed E-state index contributed by atoms with van der Waals surface area (Å²) in [4.78, 5) is 0. The minimum atomic E-state index is 0.295. The van der Waals surface area contributed by atoms with Gasteiger partial charge in [0.1, 0.15) is 11.5 Å². The van der Waals surface area contributed by atoms with Crippen molar-refractivity contribution in [2.24, 2.45) is 0 Å². The summed E-state index contributed by atoms with van der Waals surface area (Å²) in [6.45, 7) is 2.44. The summed E-state index contributed by atoms with van der Waals surface area (Å²) in [6.07, 6.45) is 5.18. The highest BCUT2D eigenvalue weighted by molar-refractivity contribution is 5.35. The summed E-state index contributed by atoms with van der Waals surface area (Å²) < 4.78 is 5.89. The largest absolute Gasteiger partial charge is 0.457 e. The average molecular weight is 284 g/mol. The van der Waals surface area contributed by atoms with Crippen molar-refractivity contribution < 1.29 is 9.84 Å². The van der Waals surface area contributed by atoms with Crippen molar-refractivity contribution in [3.05, 3.63) is 59.7 Å². The lowest BCUT2D eigenvalue weighted by Crippen LogP contribution is -1.89. The molecule has 2 heteroatoms. The minimum Gasteiger partial charge on any atom is -0.457 e. The number of ether oxygens (including phenoxy) is 1. The van der Waals surface area contributed by atoms with Crippen molar-refractivity contribution in [3.8, 4) is 11.5 Å². The Bertz CT molecular complexity index is 532. The normalized spacial score (nSPS) is 10.6. The van der Waals surface area contributed by atoms with Crippen LogP contribution >= 0.6 is 0 Å². The van der Waals surface area contributed by atoms with E-state index in [1.165, 1.54) is 11.1 Å². The van der Waals surface area contributed by atoms with Crippen LogP contribution in [0.15, 0.2) is 48.5 Å². The Morgan fingerprint density at radius 3 is 2.38 bits per heavy atom. The monoisotopic (exact) mass is 284 g/mol. The lowest BCUT2D eigenvalue weighted by molar-refractivity contribution is 0.283. The Morgan fingerprint density at radius 1 is 0.857 bits per heavy atom. The fourth-order valence-corrected chi connectivity index (χ4v) is 2.31. The van der Waals surface area contributed by atoms with Crippen LogP contribution in [0.25, 0.3) is 0 Å². The molecule has 0 fully saturated rings. The van der Waals surface area contributed by atoms with Gasteiger partial charge < -0.3 is 9.84 Å². The molecule has 1 N–H and O–H groups in total. The molecule has 2 rings (SSSR count). The topological polar surface area (TPSA) is 29.5 Å². The molecule has 2 nitrogen and oxygen atoms in total. The van der Waals surface area contributed by atoms with Gasteiger partial charge in [-0.25, -0.2) is 0 Å². The van der Waals surface area contributed by atoms with Gasteiger partial charge >= 0.3 is 0 Å². The Balaban J connectivity index is 1.89. The number of aliphatic hydroxyl groups is 1. The molecule has 0 unspecified atom stereocenters. The first-order chi connectivity index (χ1) is 10.3. The third-order valence-electron chi connectivity index (χ3n) is 3.59. The maximum atomic E-state index is 8.76. The van der Waals surface area contributed by atoms with Crippen LogP contribution < -0.4 is 4.74 Å². The van der Waals surface area contributed by atoms with Crippen LogP contribution in [-0.4, -0.2) is 11.7 Å². The number of hydrogen-bond acceptors (Lipinski definition) is 2. The molecule has 0 aliphatic carbocycles. The van der Waals surface area contributed by atoms with Gasteiger partial charge in [0.2, 0.25) is 0 Å². The van der Waals surface area contributed by atoms with E-state index in [4.69, 9.17) is 9.84 Å². The molecule has 112 valence electrons. The molecule has 0 atom stereocenters. The second-order valence-corrected chi connectivity index (χ2v) is 5.28. The summed E-state index contributed by atoms with van der Waals surface area (Å²) >= 11 is 0. The Morgan fingerprint density at radius 2 is 1.67 bits per heavy atom. The first kappa shape index (κ1) is 15.6. The van der Waals surface area contributed by atoms with Crippen molar-refractivity contribution in [1.82, 2.24) is 0 Å². The van der Waals surface area contributed by atoms with Gasteiger partial charge in [-0.1, -0.05) is 37.6 Å². The first-order valence-electron chi connectivity index (χ1n) is 7.78. The van der Waals surface area contributed by atoms with E-state index >= 15 is 0 Å². The molecule has 0 bridgehead atoms. The molecule has 0 aliphatic rings. The molecular weight excluding hydrogens is 260 g/mol. The number of hydrogen-bond donors (Lipinski definition) is 1. The van der Waals surface area contributed by atoms with E-state index in [-0.39, 0.29) is 0 Å². The number of aryl methyl sites for hydroxylation is 2. The van der Waals surface area contributed by atoms with E-state index in [0.29, 0.717) is 6.61 Å². The van der Waals surface area contributed by atoms with E-state index in [9.17, 15) is 0 Å². The van der Waals surface area contributed by atoms with E-state index in [0.717, 1.165) is 43.6 Å². The smallest absolute Gasteiger partial charge is 0.127 e. The standard InChI is InChI=1S/C19H24O2/c1-2-16-8-6-9-19(15-16)21-18-12-10-17(11-13-18)7-4-3-5-14-20/h6,8-13,15,20H,2-5,7,14H2,1H3. The SMILES string of the molecule is CCc1cccc(Oc2ccc(CCCCCO)cc2)c1. The van der Waals surface area contributed by atoms with Gasteiger partial charge in [0.25, 0.3) is 0 Å².